The number of hydrogen-bond donors (Lipinski definition) is 1. The van der Waals surface area contributed by atoms with Crippen molar-refractivity contribution in [1.82, 2.24) is 20.3 Å². The molecule has 2 aromatic heterocycles. The van der Waals surface area contributed by atoms with Gasteiger partial charge in [-0.2, -0.15) is 11.3 Å². The molecule has 3 rings (SSSR count). The summed E-state index contributed by atoms with van der Waals surface area (Å²) >= 11 is 1.54. The number of hydrogen-bond acceptors (Lipinski definition) is 6. The number of rotatable bonds is 5. The summed E-state index contributed by atoms with van der Waals surface area (Å²) in [5.41, 5.74) is 1.07. The van der Waals surface area contributed by atoms with Gasteiger partial charge in [0.2, 0.25) is 0 Å². The molecule has 1 N–H and O–H groups in total. The third-order valence-electron chi connectivity index (χ3n) is 4.00. The first kappa shape index (κ1) is 16.7. The molecule has 1 aliphatic rings. The summed E-state index contributed by atoms with van der Waals surface area (Å²) < 4.78 is 4.89. The van der Waals surface area contributed by atoms with Gasteiger partial charge in [0.1, 0.15) is 5.76 Å². The van der Waals surface area contributed by atoms with E-state index in [1.165, 1.54) is 11.3 Å². The molecule has 0 atom stereocenters. The molecule has 24 heavy (non-hydrogen) atoms. The quantitative estimate of drug-likeness (QED) is 0.879. The Bertz CT molecular complexity index is 690. The number of nitrogens with one attached hydrogen (secondary N) is 1. The number of amides is 2. The van der Waals surface area contributed by atoms with E-state index in [9.17, 15) is 9.59 Å². The summed E-state index contributed by atoms with van der Waals surface area (Å²) in [7, 11) is 0. The van der Waals surface area contributed by atoms with Crippen LogP contribution in [0.3, 0.4) is 0 Å². The topological polar surface area (TPSA) is 78.7 Å². The molecule has 3 heterocycles. The van der Waals surface area contributed by atoms with Crippen molar-refractivity contribution >= 4 is 23.2 Å². The van der Waals surface area contributed by atoms with Crippen LogP contribution in [-0.4, -0.2) is 66.0 Å². The number of thiophene rings is 1. The Hall–Kier alpha value is -2.19. The molecule has 1 saturated heterocycles. The van der Waals surface area contributed by atoms with Gasteiger partial charge in [0.05, 0.1) is 5.56 Å². The van der Waals surface area contributed by atoms with Gasteiger partial charge in [-0.1, -0.05) is 5.16 Å². The van der Waals surface area contributed by atoms with E-state index in [1.807, 2.05) is 21.7 Å². The standard InChI is InChI=1S/C16H20N4O3S/c1-12-10-14(18-23-12)15(21)17-3-4-19-5-7-20(8-6-19)16(22)13-2-9-24-11-13/h2,9-11H,3-8H2,1H3,(H,17,21). The van der Waals surface area contributed by atoms with Crippen LogP contribution < -0.4 is 5.32 Å². The summed E-state index contributed by atoms with van der Waals surface area (Å²) in [4.78, 5) is 28.3. The molecule has 0 bridgehead atoms. The van der Waals surface area contributed by atoms with E-state index in [4.69, 9.17) is 4.52 Å². The van der Waals surface area contributed by atoms with Crippen LogP contribution in [0.25, 0.3) is 0 Å². The van der Waals surface area contributed by atoms with Crippen molar-refractivity contribution in [1.29, 1.82) is 0 Å². The van der Waals surface area contributed by atoms with Crippen LogP contribution in [0.2, 0.25) is 0 Å². The van der Waals surface area contributed by atoms with E-state index in [1.54, 1.807) is 13.0 Å². The zero-order chi connectivity index (χ0) is 16.9. The minimum atomic E-state index is -0.224. The van der Waals surface area contributed by atoms with E-state index in [2.05, 4.69) is 15.4 Å². The fourth-order valence-corrected chi connectivity index (χ4v) is 3.26. The van der Waals surface area contributed by atoms with Crippen molar-refractivity contribution in [2.45, 2.75) is 6.92 Å². The van der Waals surface area contributed by atoms with E-state index < -0.39 is 0 Å². The van der Waals surface area contributed by atoms with Crippen molar-refractivity contribution < 1.29 is 14.1 Å². The third-order valence-corrected chi connectivity index (χ3v) is 4.69. The largest absolute Gasteiger partial charge is 0.361 e. The summed E-state index contributed by atoms with van der Waals surface area (Å²) in [6.45, 7) is 6.10. The van der Waals surface area contributed by atoms with Gasteiger partial charge in [-0.3, -0.25) is 14.5 Å². The summed E-state index contributed by atoms with van der Waals surface area (Å²) in [5.74, 6) is 0.496. The summed E-state index contributed by atoms with van der Waals surface area (Å²) in [6, 6.07) is 3.48. The zero-order valence-corrected chi connectivity index (χ0v) is 14.3. The average Bonchev–Trinajstić information content (AvgIpc) is 3.26. The predicted molar refractivity (Wildman–Crippen MR) is 90.2 cm³/mol. The Morgan fingerprint density at radius 3 is 2.75 bits per heavy atom. The first-order valence-electron chi connectivity index (χ1n) is 7.89. The second kappa shape index (κ2) is 7.59. The number of aryl methyl sites for hydroxylation is 1. The lowest BCUT2D eigenvalue weighted by Gasteiger charge is -2.34. The normalized spacial score (nSPS) is 15.5. The Morgan fingerprint density at radius 1 is 1.33 bits per heavy atom. The monoisotopic (exact) mass is 348 g/mol. The van der Waals surface area contributed by atoms with Crippen LogP contribution in [0.15, 0.2) is 27.4 Å². The molecule has 0 unspecified atom stereocenters. The average molecular weight is 348 g/mol. The van der Waals surface area contributed by atoms with Gasteiger partial charge >= 0.3 is 0 Å². The number of carbonyl (C=O) groups excluding carboxylic acids is 2. The number of nitrogens with zero attached hydrogens (tertiary/aromatic N) is 3. The van der Waals surface area contributed by atoms with Crippen LogP contribution in [0.1, 0.15) is 26.6 Å². The second-order valence-electron chi connectivity index (χ2n) is 5.72. The fourth-order valence-electron chi connectivity index (χ4n) is 2.63. The highest BCUT2D eigenvalue weighted by atomic mass is 32.1. The maximum atomic E-state index is 12.3. The maximum Gasteiger partial charge on any atom is 0.273 e. The second-order valence-corrected chi connectivity index (χ2v) is 6.50. The lowest BCUT2D eigenvalue weighted by atomic mass is 10.2. The smallest absolute Gasteiger partial charge is 0.273 e. The van der Waals surface area contributed by atoms with E-state index >= 15 is 0 Å². The van der Waals surface area contributed by atoms with Gasteiger partial charge in [-0.25, -0.2) is 0 Å². The molecule has 128 valence electrons. The highest BCUT2D eigenvalue weighted by molar-refractivity contribution is 7.08. The van der Waals surface area contributed by atoms with Crippen molar-refractivity contribution in [2.24, 2.45) is 0 Å². The highest BCUT2D eigenvalue weighted by Crippen LogP contribution is 2.11. The fraction of sp³-hybridized carbons (Fsp3) is 0.438. The van der Waals surface area contributed by atoms with Crippen molar-refractivity contribution in [3.05, 3.63) is 39.9 Å². The van der Waals surface area contributed by atoms with Crippen LogP contribution in [-0.2, 0) is 0 Å². The van der Waals surface area contributed by atoms with Gasteiger partial charge in [-0.15, -0.1) is 0 Å². The minimum absolute atomic E-state index is 0.102. The molecule has 2 amide bonds. The number of carbonyl (C=O) groups is 2. The van der Waals surface area contributed by atoms with Crippen LogP contribution in [0, 0.1) is 6.92 Å². The zero-order valence-electron chi connectivity index (χ0n) is 13.5. The molecule has 8 heteroatoms. The molecular weight excluding hydrogens is 328 g/mol. The van der Waals surface area contributed by atoms with Gasteiger partial charge in [0, 0.05) is 50.7 Å². The Balaban J connectivity index is 1.38. The molecule has 1 aliphatic heterocycles. The molecular formula is C16H20N4O3S. The van der Waals surface area contributed by atoms with Gasteiger partial charge in [-0.05, 0) is 18.4 Å². The predicted octanol–water partition coefficient (Wildman–Crippen LogP) is 1.23. The first-order valence-corrected chi connectivity index (χ1v) is 8.83. The van der Waals surface area contributed by atoms with Crippen LogP contribution >= 0.6 is 11.3 Å². The molecule has 0 saturated carbocycles. The molecule has 0 aromatic carbocycles. The van der Waals surface area contributed by atoms with E-state index in [0.717, 1.165) is 25.2 Å². The third kappa shape index (κ3) is 4.01. The van der Waals surface area contributed by atoms with Gasteiger partial charge in [0.15, 0.2) is 5.69 Å². The van der Waals surface area contributed by atoms with Crippen molar-refractivity contribution in [2.75, 3.05) is 39.3 Å². The lowest BCUT2D eigenvalue weighted by molar-refractivity contribution is 0.0638. The Morgan fingerprint density at radius 2 is 2.12 bits per heavy atom. The molecule has 7 nitrogen and oxygen atoms in total. The molecule has 0 radical (unpaired) electrons. The minimum Gasteiger partial charge on any atom is -0.361 e. The molecule has 2 aromatic rings. The van der Waals surface area contributed by atoms with Crippen LogP contribution in [0.4, 0.5) is 0 Å². The molecule has 1 fully saturated rings. The van der Waals surface area contributed by atoms with E-state index in [0.29, 0.717) is 31.1 Å². The highest BCUT2D eigenvalue weighted by Gasteiger charge is 2.22. The molecule has 0 spiro atoms. The maximum absolute atomic E-state index is 12.3. The summed E-state index contributed by atoms with van der Waals surface area (Å²) in [6.07, 6.45) is 0. The van der Waals surface area contributed by atoms with E-state index in [-0.39, 0.29) is 11.8 Å². The van der Waals surface area contributed by atoms with Crippen LogP contribution in [0.5, 0.6) is 0 Å². The molecule has 0 aliphatic carbocycles. The van der Waals surface area contributed by atoms with Gasteiger partial charge < -0.3 is 14.7 Å². The van der Waals surface area contributed by atoms with Gasteiger partial charge in [0.25, 0.3) is 11.8 Å². The van der Waals surface area contributed by atoms with Crippen molar-refractivity contribution in [3.63, 3.8) is 0 Å². The Labute approximate surface area is 144 Å². The SMILES string of the molecule is Cc1cc(C(=O)NCCN2CCN(C(=O)c3ccsc3)CC2)no1. The number of piperazine rings is 1. The first-order chi connectivity index (χ1) is 11.6. The van der Waals surface area contributed by atoms with Crippen molar-refractivity contribution in [3.8, 4) is 0 Å². The lowest BCUT2D eigenvalue weighted by Crippen LogP contribution is -2.50. The Kier molecular flexibility index (Phi) is 5.27. The summed E-state index contributed by atoms with van der Waals surface area (Å²) in [5, 5.41) is 10.3. The number of aromatic nitrogens is 1.